The zero-order valence-electron chi connectivity index (χ0n) is 10.3. The van der Waals surface area contributed by atoms with Gasteiger partial charge < -0.3 is 10.1 Å². The smallest absolute Gasteiger partial charge is 0.213 e. The monoisotopic (exact) mass is 220 g/mol. The third kappa shape index (κ3) is 1.92. The summed E-state index contributed by atoms with van der Waals surface area (Å²) < 4.78 is 5.18. The molecule has 2 heterocycles. The number of fused-ring (bicyclic) bond motifs is 1. The van der Waals surface area contributed by atoms with E-state index in [1.165, 1.54) is 11.3 Å². The van der Waals surface area contributed by atoms with Gasteiger partial charge in [-0.3, -0.25) is 0 Å². The fourth-order valence-electron chi connectivity index (χ4n) is 2.35. The molecule has 0 saturated carbocycles. The highest BCUT2D eigenvalue weighted by Crippen LogP contribution is 2.28. The third-order valence-electron chi connectivity index (χ3n) is 3.77. The van der Waals surface area contributed by atoms with E-state index in [1.807, 2.05) is 6.07 Å². The summed E-state index contributed by atoms with van der Waals surface area (Å²) in [6.07, 6.45) is 3.29. The van der Waals surface area contributed by atoms with Crippen molar-refractivity contribution in [3.8, 4) is 5.88 Å². The molecule has 3 heteroatoms. The quantitative estimate of drug-likeness (QED) is 0.848. The predicted octanol–water partition coefficient (Wildman–Crippen LogP) is 2.29. The Bertz CT molecular complexity index is 372. The van der Waals surface area contributed by atoms with Crippen LogP contribution in [-0.4, -0.2) is 17.6 Å². The molecule has 0 unspecified atom stereocenters. The molecule has 0 radical (unpaired) electrons. The summed E-state index contributed by atoms with van der Waals surface area (Å²) in [5, 5.41) is 3.64. The second-order valence-corrected chi connectivity index (χ2v) is 4.48. The Hall–Kier alpha value is -1.09. The van der Waals surface area contributed by atoms with Gasteiger partial charge in [0.1, 0.15) is 0 Å². The van der Waals surface area contributed by atoms with Gasteiger partial charge in [0.15, 0.2) is 0 Å². The maximum Gasteiger partial charge on any atom is 0.213 e. The van der Waals surface area contributed by atoms with E-state index in [-0.39, 0.29) is 5.54 Å². The van der Waals surface area contributed by atoms with E-state index in [9.17, 15) is 0 Å². The lowest BCUT2D eigenvalue weighted by Gasteiger charge is -2.37. The van der Waals surface area contributed by atoms with Crippen LogP contribution in [0.1, 0.15) is 37.9 Å². The fraction of sp³-hybridized carbons (Fsp3) is 0.615. The lowest BCUT2D eigenvalue weighted by molar-refractivity contribution is 0.274. The minimum Gasteiger partial charge on any atom is -0.481 e. The van der Waals surface area contributed by atoms with E-state index in [0.29, 0.717) is 0 Å². The van der Waals surface area contributed by atoms with Crippen molar-refractivity contribution in [1.29, 1.82) is 0 Å². The molecule has 1 aromatic heterocycles. The summed E-state index contributed by atoms with van der Waals surface area (Å²) in [5.74, 6) is 0.724. The van der Waals surface area contributed by atoms with Crippen LogP contribution in [0.4, 0.5) is 0 Å². The average molecular weight is 220 g/mol. The number of hydrogen-bond donors (Lipinski definition) is 1. The number of nitrogens with zero attached hydrogens (tertiary/aromatic N) is 1. The SMILES string of the molecule is CCC1(CC)Cc2nc(OC)ccc2CN1. The summed E-state index contributed by atoms with van der Waals surface area (Å²) >= 11 is 0. The van der Waals surface area contributed by atoms with Gasteiger partial charge in [-0.05, 0) is 18.4 Å². The van der Waals surface area contributed by atoms with Gasteiger partial charge in [0.25, 0.3) is 0 Å². The van der Waals surface area contributed by atoms with Crippen LogP contribution < -0.4 is 10.1 Å². The molecule has 1 aromatic rings. The molecule has 3 nitrogen and oxygen atoms in total. The molecule has 1 N–H and O–H groups in total. The average Bonchev–Trinajstić information content (AvgIpc) is 2.37. The van der Waals surface area contributed by atoms with Crippen LogP contribution in [0.2, 0.25) is 0 Å². The molecule has 88 valence electrons. The van der Waals surface area contributed by atoms with Crippen molar-refractivity contribution in [2.75, 3.05) is 7.11 Å². The first-order valence-electron chi connectivity index (χ1n) is 6.01. The van der Waals surface area contributed by atoms with E-state index in [2.05, 4.69) is 30.2 Å². The Labute approximate surface area is 97.2 Å². The summed E-state index contributed by atoms with van der Waals surface area (Å²) in [5.41, 5.74) is 2.73. The summed E-state index contributed by atoms with van der Waals surface area (Å²) in [7, 11) is 1.67. The Morgan fingerprint density at radius 3 is 2.75 bits per heavy atom. The molecule has 1 aliphatic heterocycles. The molecule has 0 spiro atoms. The molecule has 2 rings (SSSR count). The van der Waals surface area contributed by atoms with Crippen LogP contribution in [0.25, 0.3) is 0 Å². The van der Waals surface area contributed by atoms with E-state index in [0.717, 1.165) is 31.7 Å². The molecule has 16 heavy (non-hydrogen) atoms. The minimum absolute atomic E-state index is 0.229. The first-order valence-corrected chi connectivity index (χ1v) is 6.01. The Balaban J connectivity index is 2.30. The highest BCUT2D eigenvalue weighted by atomic mass is 16.5. The van der Waals surface area contributed by atoms with Crippen LogP contribution in [0.5, 0.6) is 5.88 Å². The van der Waals surface area contributed by atoms with Crippen LogP contribution in [0.3, 0.4) is 0 Å². The number of nitrogens with one attached hydrogen (secondary N) is 1. The number of methoxy groups -OCH3 is 1. The van der Waals surface area contributed by atoms with Crippen molar-refractivity contribution in [1.82, 2.24) is 10.3 Å². The highest BCUT2D eigenvalue weighted by molar-refractivity contribution is 5.29. The summed E-state index contributed by atoms with van der Waals surface area (Å²) in [6, 6.07) is 4.05. The van der Waals surface area contributed by atoms with Crippen LogP contribution in [-0.2, 0) is 13.0 Å². The van der Waals surface area contributed by atoms with Crippen molar-refractivity contribution < 1.29 is 4.74 Å². The zero-order valence-corrected chi connectivity index (χ0v) is 10.3. The number of ether oxygens (including phenoxy) is 1. The minimum atomic E-state index is 0.229. The first kappa shape index (κ1) is 11.4. The molecule has 0 aliphatic carbocycles. The predicted molar refractivity (Wildman–Crippen MR) is 64.6 cm³/mol. The van der Waals surface area contributed by atoms with Crippen molar-refractivity contribution in [2.24, 2.45) is 0 Å². The molecule has 0 saturated heterocycles. The molecule has 0 aromatic carbocycles. The highest BCUT2D eigenvalue weighted by Gasteiger charge is 2.31. The lowest BCUT2D eigenvalue weighted by atomic mass is 9.83. The third-order valence-corrected chi connectivity index (χ3v) is 3.77. The fourth-order valence-corrected chi connectivity index (χ4v) is 2.35. The molecule has 0 amide bonds. The Morgan fingerprint density at radius 2 is 2.12 bits per heavy atom. The van der Waals surface area contributed by atoms with Gasteiger partial charge in [0, 0.05) is 24.6 Å². The number of pyridine rings is 1. The first-order chi connectivity index (χ1) is 7.73. The summed E-state index contributed by atoms with van der Waals surface area (Å²) in [4.78, 5) is 4.56. The number of aromatic nitrogens is 1. The van der Waals surface area contributed by atoms with E-state index in [4.69, 9.17) is 4.74 Å². The van der Waals surface area contributed by atoms with Gasteiger partial charge in [-0.15, -0.1) is 0 Å². The van der Waals surface area contributed by atoms with Gasteiger partial charge in [-0.25, -0.2) is 4.98 Å². The largest absolute Gasteiger partial charge is 0.481 e. The second kappa shape index (κ2) is 4.42. The summed E-state index contributed by atoms with van der Waals surface area (Å²) in [6.45, 7) is 5.40. The normalized spacial score (nSPS) is 17.9. The molecular formula is C13H20N2O. The lowest BCUT2D eigenvalue weighted by Crippen LogP contribution is -2.49. The van der Waals surface area contributed by atoms with Gasteiger partial charge >= 0.3 is 0 Å². The molecule has 1 aliphatic rings. The van der Waals surface area contributed by atoms with Gasteiger partial charge in [-0.1, -0.05) is 19.9 Å². The standard InChI is InChI=1S/C13H20N2O/c1-4-13(5-2)8-11-10(9-14-13)6-7-12(15-11)16-3/h6-7,14H,4-5,8-9H2,1-3H3. The van der Waals surface area contributed by atoms with Gasteiger partial charge in [-0.2, -0.15) is 0 Å². The Morgan fingerprint density at radius 1 is 1.38 bits per heavy atom. The number of rotatable bonds is 3. The van der Waals surface area contributed by atoms with E-state index >= 15 is 0 Å². The van der Waals surface area contributed by atoms with Crippen molar-refractivity contribution in [3.05, 3.63) is 23.4 Å². The van der Waals surface area contributed by atoms with E-state index < -0.39 is 0 Å². The van der Waals surface area contributed by atoms with Crippen LogP contribution >= 0.6 is 0 Å². The van der Waals surface area contributed by atoms with Crippen molar-refractivity contribution in [2.45, 2.75) is 45.2 Å². The van der Waals surface area contributed by atoms with Gasteiger partial charge in [0.05, 0.1) is 12.8 Å². The second-order valence-electron chi connectivity index (χ2n) is 4.48. The van der Waals surface area contributed by atoms with Crippen LogP contribution in [0, 0.1) is 0 Å². The molecule has 0 fully saturated rings. The Kier molecular flexibility index (Phi) is 3.15. The maximum atomic E-state index is 5.18. The van der Waals surface area contributed by atoms with Gasteiger partial charge in [0.2, 0.25) is 5.88 Å². The molecule has 0 bridgehead atoms. The molecular weight excluding hydrogens is 200 g/mol. The maximum absolute atomic E-state index is 5.18. The zero-order chi connectivity index (χ0) is 11.6. The topological polar surface area (TPSA) is 34.1 Å². The van der Waals surface area contributed by atoms with Crippen molar-refractivity contribution >= 4 is 0 Å². The van der Waals surface area contributed by atoms with E-state index in [1.54, 1.807) is 7.11 Å². The molecule has 0 atom stereocenters. The van der Waals surface area contributed by atoms with Crippen molar-refractivity contribution in [3.63, 3.8) is 0 Å². The van der Waals surface area contributed by atoms with Crippen LogP contribution in [0.15, 0.2) is 12.1 Å². The number of hydrogen-bond acceptors (Lipinski definition) is 3.